The first-order valence-electron chi connectivity index (χ1n) is 4.91. The molecule has 0 aromatic carbocycles. The number of aliphatic carboxylic acids is 1. The molecular formula is C9H10N4O3S. The van der Waals surface area contributed by atoms with Crippen LogP contribution in [-0.4, -0.2) is 32.7 Å². The molecule has 90 valence electrons. The van der Waals surface area contributed by atoms with Gasteiger partial charge in [-0.2, -0.15) is 0 Å². The number of urea groups is 1. The fourth-order valence-corrected chi connectivity index (χ4v) is 1.94. The normalized spacial score (nSPS) is 22.4. The Balaban J connectivity index is 1.81. The highest BCUT2D eigenvalue weighted by molar-refractivity contribution is 7.10. The molecule has 1 aromatic heterocycles. The van der Waals surface area contributed by atoms with Gasteiger partial charge in [-0.25, -0.2) is 4.79 Å². The van der Waals surface area contributed by atoms with Gasteiger partial charge in [0.1, 0.15) is 5.00 Å². The van der Waals surface area contributed by atoms with Crippen LogP contribution in [0, 0.1) is 5.92 Å². The van der Waals surface area contributed by atoms with Crippen LogP contribution in [0.25, 0.3) is 0 Å². The van der Waals surface area contributed by atoms with E-state index in [2.05, 4.69) is 20.2 Å². The van der Waals surface area contributed by atoms with Gasteiger partial charge >= 0.3 is 12.0 Å². The zero-order valence-electron chi connectivity index (χ0n) is 8.66. The van der Waals surface area contributed by atoms with Crippen molar-refractivity contribution < 1.29 is 14.7 Å². The second-order valence-corrected chi connectivity index (χ2v) is 4.34. The summed E-state index contributed by atoms with van der Waals surface area (Å²) in [5.74, 6) is -1.40. The highest BCUT2D eigenvalue weighted by atomic mass is 32.1. The number of rotatable bonds is 3. The van der Waals surface area contributed by atoms with Crippen LogP contribution in [0.5, 0.6) is 0 Å². The Morgan fingerprint density at radius 1 is 1.47 bits per heavy atom. The first kappa shape index (κ1) is 11.5. The minimum absolute atomic E-state index is 0.253. The van der Waals surface area contributed by atoms with Gasteiger partial charge in [-0.05, 0) is 6.42 Å². The fraction of sp³-hybridized carbons (Fsp3) is 0.333. The van der Waals surface area contributed by atoms with Crippen molar-refractivity contribution in [2.45, 2.75) is 12.5 Å². The van der Waals surface area contributed by atoms with Gasteiger partial charge in [0.15, 0.2) is 0 Å². The Morgan fingerprint density at radius 3 is 2.88 bits per heavy atom. The van der Waals surface area contributed by atoms with Gasteiger partial charge in [0.05, 0.1) is 18.2 Å². The number of nitrogens with zero attached hydrogens (tertiary/aromatic N) is 2. The maximum atomic E-state index is 11.5. The molecule has 0 saturated heterocycles. The van der Waals surface area contributed by atoms with Crippen molar-refractivity contribution in [3.8, 4) is 0 Å². The van der Waals surface area contributed by atoms with E-state index in [1.165, 1.54) is 6.20 Å². The summed E-state index contributed by atoms with van der Waals surface area (Å²) in [5, 5.41) is 18.1. The fourth-order valence-electron chi connectivity index (χ4n) is 1.53. The number of amides is 2. The molecule has 2 atom stereocenters. The Morgan fingerprint density at radius 2 is 2.29 bits per heavy atom. The highest BCUT2D eigenvalue weighted by Crippen LogP contribution is 2.18. The van der Waals surface area contributed by atoms with Crippen LogP contribution in [0.4, 0.5) is 9.80 Å². The van der Waals surface area contributed by atoms with Gasteiger partial charge in [0.25, 0.3) is 0 Å². The average Bonchev–Trinajstić information content (AvgIpc) is 2.88. The van der Waals surface area contributed by atoms with Crippen molar-refractivity contribution in [2.24, 2.45) is 5.92 Å². The van der Waals surface area contributed by atoms with Crippen LogP contribution in [0.2, 0.25) is 0 Å². The lowest BCUT2D eigenvalue weighted by Crippen LogP contribution is -2.36. The molecule has 1 aliphatic rings. The van der Waals surface area contributed by atoms with E-state index >= 15 is 0 Å². The molecule has 0 fully saturated rings. The van der Waals surface area contributed by atoms with E-state index in [1.54, 1.807) is 12.2 Å². The number of carbonyl (C=O) groups excluding carboxylic acids is 1. The van der Waals surface area contributed by atoms with Crippen LogP contribution in [-0.2, 0) is 4.79 Å². The van der Waals surface area contributed by atoms with E-state index in [0.717, 1.165) is 11.5 Å². The molecular weight excluding hydrogens is 244 g/mol. The molecule has 3 N–H and O–H groups in total. The van der Waals surface area contributed by atoms with Crippen molar-refractivity contribution in [1.29, 1.82) is 0 Å². The lowest BCUT2D eigenvalue weighted by molar-refractivity contribution is -0.140. The second kappa shape index (κ2) is 4.91. The summed E-state index contributed by atoms with van der Waals surface area (Å²) in [4.78, 5) is 22.2. The number of hydrogen-bond donors (Lipinski definition) is 3. The van der Waals surface area contributed by atoms with E-state index in [9.17, 15) is 9.59 Å². The lowest BCUT2D eigenvalue weighted by atomic mass is 10.1. The molecule has 2 rings (SSSR count). The number of carbonyl (C=O) groups is 2. The third-order valence-corrected chi connectivity index (χ3v) is 2.90. The van der Waals surface area contributed by atoms with E-state index in [1.807, 2.05) is 0 Å². The summed E-state index contributed by atoms with van der Waals surface area (Å²) in [6, 6.07) is -0.645. The molecule has 1 aliphatic carbocycles. The predicted octanol–water partition coefficient (Wildman–Crippen LogP) is 0.689. The third kappa shape index (κ3) is 3.00. The largest absolute Gasteiger partial charge is 0.481 e. The Hall–Kier alpha value is -1.96. The van der Waals surface area contributed by atoms with E-state index in [0.29, 0.717) is 11.4 Å². The van der Waals surface area contributed by atoms with Gasteiger partial charge in [-0.15, -0.1) is 5.10 Å². The molecule has 7 nitrogen and oxygen atoms in total. The number of hydrogen-bond acceptors (Lipinski definition) is 5. The number of carboxylic acid groups (broad SMARTS) is 1. The standard InChI is InChI=1S/C9H10N4O3S/c14-8(15)5-1-2-6(3-5)11-9(16)12-7-4-10-13-17-7/h1-2,4-6H,3H2,(H,14,15)(H2,11,12,16). The smallest absolute Gasteiger partial charge is 0.320 e. The van der Waals surface area contributed by atoms with Crippen molar-refractivity contribution in [2.75, 3.05) is 5.32 Å². The molecule has 8 heteroatoms. The lowest BCUT2D eigenvalue weighted by Gasteiger charge is -2.11. The first-order valence-corrected chi connectivity index (χ1v) is 5.68. The summed E-state index contributed by atoms with van der Waals surface area (Å²) >= 11 is 1.07. The number of aromatic nitrogens is 2. The van der Waals surface area contributed by atoms with Crippen LogP contribution < -0.4 is 10.6 Å². The Kier molecular flexibility index (Phi) is 3.33. The zero-order chi connectivity index (χ0) is 12.3. The Labute approximate surface area is 101 Å². The summed E-state index contributed by atoms with van der Waals surface area (Å²) in [5.41, 5.74) is 0. The van der Waals surface area contributed by atoms with Crippen LogP contribution in [0.3, 0.4) is 0 Å². The van der Waals surface area contributed by atoms with Gasteiger partial charge < -0.3 is 10.4 Å². The van der Waals surface area contributed by atoms with Crippen LogP contribution >= 0.6 is 11.5 Å². The highest BCUT2D eigenvalue weighted by Gasteiger charge is 2.25. The molecule has 2 unspecified atom stereocenters. The van der Waals surface area contributed by atoms with Crippen molar-refractivity contribution in [1.82, 2.24) is 14.9 Å². The second-order valence-electron chi connectivity index (χ2n) is 3.55. The maximum Gasteiger partial charge on any atom is 0.320 e. The third-order valence-electron chi connectivity index (χ3n) is 2.32. The van der Waals surface area contributed by atoms with Crippen molar-refractivity contribution >= 4 is 28.5 Å². The van der Waals surface area contributed by atoms with Gasteiger partial charge in [-0.1, -0.05) is 16.6 Å². The molecule has 0 bridgehead atoms. The molecule has 1 aromatic rings. The van der Waals surface area contributed by atoms with E-state index in [-0.39, 0.29) is 6.04 Å². The SMILES string of the molecule is O=C(Nc1cnns1)NC1C=CC(C(=O)O)C1. The summed E-state index contributed by atoms with van der Waals surface area (Å²) in [6.45, 7) is 0. The van der Waals surface area contributed by atoms with Crippen LogP contribution in [0.1, 0.15) is 6.42 Å². The number of anilines is 1. The Bertz CT molecular complexity index is 445. The summed E-state index contributed by atoms with van der Waals surface area (Å²) in [6.07, 6.45) is 5.09. The molecule has 2 amide bonds. The van der Waals surface area contributed by atoms with E-state index in [4.69, 9.17) is 5.11 Å². The predicted molar refractivity (Wildman–Crippen MR) is 60.7 cm³/mol. The van der Waals surface area contributed by atoms with E-state index < -0.39 is 17.9 Å². The maximum absolute atomic E-state index is 11.5. The van der Waals surface area contributed by atoms with Crippen molar-refractivity contribution in [3.63, 3.8) is 0 Å². The number of carboxylic acids is 1. The molecule has 17 heavy (non-hydrogen) atoms. The van der Waals surface area contributed by atoms with Gasteiger partial charge in [0.2, 0.25) is 0 Å². The monoisotopic (exact) mass is 254 g/mol. The molecule has 0 aliphatic heterocycles. The van der Waals surface area contributed by atoms with Gasteiger partial charge in [-0.3, -0.25) is 10.1 Å². The summed E-state index contributed by atoms with van der Waals surface area (Å²) in [7, 11) is 0. The summed E-state index contributed by atoms with van der Waals surface area (Å²) < 4.78 is 3.60. The minimum atomic E-state index is -0.877. The first-order chi connectivity index (χ1) is 8.15. The number of nitrogens with one attached hydrogen (secondary N) is 2. The van der Waals surface area contributed by atoms with Crippen LogP contribution in [0.15, 0.2) is 18.3 Å². The molecule has 1 heterocycles. The average molecular weight is 254 g/mol. The quantitative estimate of drug-likeness (QED) is 0.688. The topological polar surface area (TPSA) is 104 Å². The van der Waals surface area contributed by atoms with Gasteiger partial charge in [0, 0.05) is 11.5 Å². The molecule has 0 spiro atoms. The zero-order valence-corrected chi connectivity index (χ0v) is 9.48. The molecule has 0 saturated carbocycles. The van der Waals surface area contributed by atoms with Crippen molar-refractivity contribution in [3.05, 3.63) is 18.3 Å². The minimum Gasteiger partial charge on any atom is -0.481 e. The molecule has 0 radical (unpaired) electrons.